The van der Waals surface area contributed by atoms with Crippen LogP contribution in [0, 0.1) is 25.2 Å². The van der Waals surface area contributed by atoms with Crippen molar-refractivity contribution in [3.8, 4) is 6.07 Å². The molecule has 0 fully saturated rings. The van der Waals surface area contributed by atoms with Crippen molar-refractivity contribution in [2.45, 2.75) is 33.0 Å². The van der Waals surface area contributed by atoms with Gasteiger partial charge in [-0.1, -0.05) is 23.8 Å². The number of rotatable bonds is 4. The van der Waals surface area contributed by atoms with Gasteiger partial charge >= 0.3 is 0 Å². The molecule has 0 aromatic heterocycles. The van der Waals surface area contributed by atoms with Gasteiger partial charge in [-0.15, -0.1) is 0 Å². The van der Waals surface area contributed by atoms with Gasteiger partial charge in [0.1, 0.15) is 6.23 Å². The van der Waals surface area contributed by atoms with Crippen LogP contribution in [-0.2, 0) is 6.54 Å². The first-order valence-corrected chi connectivity index (χ1v) is 4.98. The standard InChI is InChI=1S/C12H16N2O/c1-9-3-4-11(10(2)7-9)8-14-12(15)5-6-13/h3-4,7,12,14-15H,5,8H2,1-2H3. The van der Waals surface area contributed by atoms with Gasteiger partial charge in [0.05, 0.1) is 12.5 Å². The molecule has 0 spiro atoms. The number of aliphatic hydroxyl groups excluding tert-OH is 1. The van der Waals surface area contributed by atoms with Crippen LogP contribution in [0.25, 0.3) is 0 Å². The summed E-state index contributed by atoms with van der Waals surface area (Å²) in [6.07, 6.45) is -0.624. The van der Waals surface area contributed by atoms with Gasteiger partial charge in [-0.25, -0.2) is 0 Å². The predicted molar refractivity (Wildman–Crippen MR) is 59.0 cm³/mol. The lowest BCUT2D eigenvalue weighted by Crippen LogP contribution is -2.27. The maximum Gasteiger partial charge on any atom is 0.118 e. The molecule has 0 amide bonds. The molecule has 80 valence electrons. The predicted octanol–water partition coefficient (Wildman–Crippen LogP) is 1.63. The van der Waals surface area contributed by atoms with E-state index in [0.29, 0.717) is 6.54 Å². The van der Waals surface area contributed by atoms with Crippen molar-refractivity contribution in [1.29, 1.82) is 5.26 Å². The minimum atomic E-state index is -0.740. The number of benzene rings is 1. The van der Waals surface area contributed by atoms with E-state index in [1.807, 2.05) is 25.1 Å². The maximum absolute atomic E-state index is 9.32. The first-order chi connectivity index (χ1) is 7.13. The molecule has 1 aromatic carbocycles. The quantitative estimate of drug-likeness (QED) is 0.733. The maximum atomic E-state index is 9.32. The first-order valence-electron chi connectivity index (χ1n) is 4.98. The number of aryl methyl sites for hydroxylation is 2. The van der Waals surface area contributed by atoms with E-state index in [1.165, 1.54) is 11.1 Å². The van der Waals surface area contributed by atoms with Crippen LogP contribution in [0.4, 0.5) is 0 Å². The molecular formula is C12H16N2O. The lowest BCUT2D eigenvalue weighted by Gasteiger charge is -2.11. The Hall–Kier alpha value is -1.37. The Kier molecular flexibility index (Phi) is 4.29. The number of nitrogens with one attached hydrogen (secondary N) is 1. The number of nitrogens with zero attached hydrogens (tertiary/aromatic N) is 1. The summed E-state index contributed by atoms with van der Waals surface area (Å²) in [5.74, 6) is 0. The average Bonchev–Trinajstić information content (AvgIpc) is 2.17. The Bertz CT molecular complexity index is 368. The highest BCUT2D eigenvalue weighted by molar-refractivity contribution is 5.30. The zero-order valence-electron chi connectivity index (χ0n) is 9.12. The van der Waals surface area contributed by atoms with Crippen molar-refractivity contribution < 1.29 is 5.11 Å². The molecule has 0 aliphatic rings. The normalized spacial score (nSPS) is 12.1. The molecule has 0 saturated heterocycles. The Balaban J connectivity index is 2.55. The summed E-state index contributed by atoms with van der Waals surface area (Å²) in [6, 6.07) is 8.10. The second-order valence-electron chi connectivity index (χ2n) is 3.69. The minimum absolute atomic E-state index is 0.116. The number of hydrogen-bond donors (Lipinski definition) is 2. The van der Waals surface area contributed by atoms with Gasteiger partial charge in [-0.05, 0) is 25.0 Å². The lowest BCUT2D eigenvalue weighted by molar-refractivity contribution is 0.140. The van der Waals surface area contributed by atoms with Crippen LogP contribution in [-0.4, -0.2) is 11.3 Å². The fourth-order valence-electron chi connectivity index (χ4n) is 1.43. The smallest absolute Gasteiger partial charge is 0.118 e. The largest absolute Gasteiger partial charge is 0.378 e. The van der Waals surface area contributed by atoms with Crippen molar-refractivity contribution in [3.05, 3.63) is 34.9 Å². The summed E-state index contributed by atoms with van der Waals surface area (Å²) in [5.41, 5.74) is 3.58. The van der Waals surface area contributed by atoms with Gasteiger partial charge in [0, 0.05) is 6.54 Å². The second-order valence-corrected chi connectivity index (χ2v) is 3.69. The topological polar surface area (TPSA) is 56.0 Å². The summed E-state index contributed by atoms with van der Waals surface area (Å²) >= 11 is 0. The average molecular weight is 204 g/mol. The van der Waals surface area contributed by atoms with Crippen LogP contribution in [0.5, 0.6) is 0 Å². The van der Waals surface area contributed by atoms with E-state index in [0.717, 1.165) is 5.56 Å². The first kappa shape index (κ1) is 11.7. The monoisotopic (exact) mass is 204 g/mol. The number of aliphatic hydroxyl groups is 1. The van der Waals surface area contributed by atoms with Crippen LogP contribution in [0.3, 0.4) is 0 Å². The molecule has 0 aliphatic heterocycles. The molecule has 1 rings (SSSR count). The van der Waals surface area contributed by atoms with Gasteiger partial charge in [0.25, 0.3) is 0 Å². The Morgan fingerprint density at radius 2 is 2.20 bits per heavy atom. The van der Waals surface area contributed by atoms with Crippen LogP contribution >= 0.6 is 0 Å². The summed E-state index contributed by atoms with van der Waals surface area (Å²) in [7, 11) is 0. The van der Waals surface area contributed by atoms with E-state index in [9.17, 15) is 5.11 Å². The number of nitriles is 1. The van der Waals surface area contributed by atoms with Gasteiger partial charge in [-0.2, -0.15) is 5.26 Å². The molecule has 1 atom stereocenters. The van der Waals surface area contributed by atoms with Gasteiger partial charge in [0.15, 0.2) is 0 Å². The fraction of sp³-hybridized carbons (Fsp3) is 0.417. The van der Waals surface area contributed by atoms with E-state index >= 15 is 0 Å². The van der Waals surface area contributed by atoms with E-state index in [-0.39, 0.29) is 6.42 Å². The van der Waals surface area contributed by atoms with Crippen molar-refractivity contribution in [3.63, 3.8) is 0 Å². The molecular weight excluding hydrogens is 188 g/mol. The minimum Gasteiger partial charge on any atom is -0.378 e. The van der Waals surface area contributed by atoms with Gasteiger partial charge in [0.2, 0.25) is 0 Å². The third-order valence-electron chi connectivity index (χ3n) is 2.31. The van der Waals surface area contributed by atoms with E-state index < -0.39 is 6.23 Å². The molecule has 0 aliphatic carbocycles. The van der Waals surface area contributed by atoms with E-state index in [4.69, 9.17) is 5.26 Å². The van der Waals surface area contributed by atoms with Gasteiger partial charge in [-0.3, -0.25) is 5.32 Å². The van der Waals surface area contributed by atoms with Crippen LogP contribution in [0.15, 0.2) is 18.2 Å². The molecule has 0 heterocycles. The Morgan fingerprint density at radius 3 is 2.80 bits per heavy atom. The van der Waals surface area contributed by atoms with Gasteiger partial charge < -0.3 is 5.11 Å². The summed E-state index contributed by atoms with van der Waals surface area (Å²) in [6.45, 7) is 4.68. The lowest BCUT2D eigenvalue weighted by atomic mass is 10.1. The van der Waals surface area contributed by atoms with Crippen LogP contribution in [0.1, 0.15) is 23.1 Å². The molecule has 1 aromatic rings. The molecule has 1 unspecified atom stereocenters. The molecule has 0 radical (unpaired) electrons. The Morgan fingerprint density at radius 1 is 1.47 bits per heavy atom. The van der Waals surface area contributed by atoms with E-state index in [2.05, 4.69) is 18.3 Å². The molecule has 0 bridgehead atoms. The SMILES string of the molecule is Cc1ccc(CNC(O)CC#N)c(C)c1. The second kappa shape index (κ2) is 5.50. The number of hydrogen-bond acceptors (Lipinski definition) is 3. The summed E-state index contributed by atoms with van der Waals surface area (Å²) in [5, 5.41) is 20.6. The highest BCUT2D eigenvalue weighted by Crippen LogP contribution is 2.10. The summed E-state index contributed by atoms with van der Waals surface area (Å²) < 4.78 is 0. The third-order valence-corrected chi connectivity index (χ3v) is 2.31. The fourth-order valence-corrected chi connectivity index (χ4v) is 1.43. The van der Waals surface area contributed by atoms with Crippen LogP contribution < -0.4 is 5.32 Å². The highest BCUT2D eigenvalue weighted by Gasteiger charge is 2.03. The van der Waals surface area contributed by atoms with Crippen molar-refractivity contribution in [2.24, 2.45) is 0 Å². The van der Waals surface area contributed by atoms with Crippen molar-refractivity contribution in [1.82, 2.24) is 5.32 Å². The Labute approximate surface area is 90.4 Å². The summed E-state index contributed by atoms with van der Waals surface area (Å²) in [4.78, 5) is 0. The van der Waals surface area contributed by atoms with E-state index in [1.54, 1.807) is 0 Å². The van der Waals surface area contributed by atoms with Crippen molar-refractivity contribution >= 4 is 0 Å². The molecule has 2 N–H and O–H groups in total. The third kappa shape index (κ3) is 3.70. The zero-order valence-corrected chi connectivity index (χ0v) is 9.12. The highest BCUT2D eigenvalue weighted by atomic mass is 16.3. The molecule has 3 heteroatoms. The van der Waals surface area contributed by atoms with Crippen molar-refractivity contribution in [2.75, 3.05) is 0 Å². The molecule has 3 nitrogen and oxygen atoms in total. The molecule has 15 heavy (non-hydrogen) atoms. The van der Waals surface area contributed by atoms with Crippen LogP contribution in [0.2, 0.25) is 0 Å². The molecule has 0 saturated carbocycles. The zero-order chi connectivity index (χ0) is 11.3.